The van der Waals surface area contributed by atoms with Crippen molar-refractivity contribution >= 4 is 5.69 Å². The summed E-state index contributed by atoms with van der Waals surface area (Å²) in [6.07, 6.45) is 4.20. The number of fused-ring (bicyclic) bond motifs is 3. The van der Waals surface area contributed by atoms with Gasteiger partial charge in [0.2, 0.25) is 0 Å². The maximum atomic E-state index is 4.30. The van der Waals surface area contributed by atoms with Gasteiger partial charge in [-0.3, -0.25) is 10.3 Å². The van der Waals surface area contributed by atoms with Gasteiger partial charge in [0.15, 0.2) is 0 Å². The molecule has 2 aliphatic heterocycles. The number of nitrogens with one attached hydrogen (secondary N) is 2. The van der Waals surface area contributed by atoms with Gasteiger partial charge in [-0.2, -0.15) is 0 Å². The smallest absolute Gasteiger partial charge is 0.0848 e. The molecule has 3 heteroatoms. The summed E-state index contributed by atoms with van der Waals surface area (Å²) in [5, 5.41) is 7.25. The maximum absolute atomic E-state index is 4.30. The van der Waals surface area contributed by atoms with Crippen LogP contribution in [0.2, 0.25) is 0 Å². The van der Waals surface area contributed by atoms with E-state index in [1.54, 1.807) is 0 Å². The normalized spacial score (nSPS) is 31.6. The van der Waals surface area contributed by atoms with Gasteiger partial charge in [0, 0.05) is 41.5 Å². The van der Waals surface area contributed by atoms with E-state index in [1.165, 1.54) is 16.8 Å². The number of anilines is 1. The van der Waals surface area contributed by atoms with Crippen LogP contribution in [0.1, 0.15) is 29.9 Å². The Morgan fingerprint density at radius 1 is 1.05 bits per heavy atom. The Balaban J connectivity index is 1.80. The average molecular weight is 251 g/mol. The molecule has 1 aromatic carbocycles. The first kappa shape index (κ1) is 11.0. The van der Waals surface area contributed by atoms with E-state index in [9.17, 15) is 0 Å². The van der Waals surface area contributed by atoms with E-state index in [2.05, 4.69) is 58.9 Å². The van der Waals surface area contributed by atoms with Crippen molar-refractivity contribution in [2.24, 2.45) is 0 Å². The van der Waals surface area contributed by atoms with Crippen LogP contribution in [0.25, 0.3) is 0 Å². The van der Waals surface area contributed by atoms with Crippen molar-refractivity contribution in [3.63, 3.8) is 0 Å². The van der Waals surface area contributed by atoms with Gasteiger partial charge in [-0.15, -0.1) is 0 Å². The zero-order valence-electron chi connectivity index (χ0n) is 10.9. The van der Waals surface area contributed by atoms with Crippen LogP contribution in [0, 0.1) is 0 Å². The Bertz CT molecular complexity index is 596. The van der Waals surface area contributed by atoms with Crippen molar-refractivity contribution in [1.29, 1.82) is 0 Å². The zero-order valence-corrected chi connectivity index (χ0v) is 10.9. The van der Waals surface area contributed by atoms with Crippen molar-refractivity contribution in [1.82, 2.24) is 10.3 Å². The van der Waals surface area contributed by atoms with E-state index in [-0.39, 0.29) is 0 Å². The molecule has 0 amide bonds. The van der Waals surface area contributed by atoms with Crippen LogP contribution in [0.3, 0.4) is 0 Å². The summed E-state index contributed by atoms with van der Waals surface area (Å²) in [7, 11) is 0. The van der Waals surface area contributed by atoms with Crippen molar-refractivity contribution in [2.75, 3.05) is 5.32 Å². The standard InChI is InChI=1S/C16H17N3/c1-10-14(11-5-3-2-4-6-11)15-12-9-17-8-7-13(12)19-16(15)18-10/h2-10,14-16,18-19H,1H3. The van der Waals surface area contributed by atoms with E-state index in [4.69, 9.17) is 0 Å². The summed E-state index contributed by atoms with van der Waals surface area (Å²) in [5.74, 6) is 0.977. The Morgan fingerprint density at radius 2 is 1.89 bits per heavy atom. The molecule has 0 saturated carbocycles. The largest absolute Gasteiger partial charge is 0.369 e. The number of hydrogen-bond acceptors (Lipinski definition) is 3. The molecule has 4 atom stereocenters. The fourth-order valence-corrected chi connectivity index (χ4v) is 3.66. The van der Waals surface area contributed by atoms with E-state index < -0.39 is 0 Å². The molecule has 1 fully saturated rings. The van der Waals surface area contributed by atoms with Gasteiger partial charge < -0.3 is 5.32 Å². The summed E-state index contributed by atoms with van der Waals surface area (Å²) in [4.78, 5) is 4.30. The summed E-state index contributed by atoms with van der Waals surface area (Å²) in [6.45, 7) is 2.27. The van der Waals surface area contributed by atoms with Crippen LogP contribution in [0.5, 0.6) is 0 Å². The molecule has 19 heavy (non-hydrogen) atoms. The van der Waals surface area contributed by atoms with Gasteiger partial charge in [-0.25, -0.2) is 0 Å². The molecule has 0 bridgehead atoms. The van der Waals surface area contributed by atoms with Gasteiger partial charge in [-0.1, -0.05) is 30.3 Å². The van der Waals surface area contributed by atoms with Gasteiger partial charge in [0.05, 0.1) is 6.17 Å². The highest BCUT2D eigenvalue weighted by Gasteiger charge is 2.46. The zero-order chi connectivity index (χ0) is 12.8. The molecule has 4 rings (SSSR count). The molecule has 2 aliphatic rings. The molecule has 3 heterocycles. The Morgan fingerprint density at radius 3 is 2.74 bits per heavy atom. The maximum Gasteiger partial charge on any atom is 0.0848 e. The molecule has 96 valence electrons. The summed E-state index contributed by atoms with van der Waals surface area (Å²) >= 11 is 0. The van der Waals surface area contributed by atoms with Gasteiger partial charge >= 0.3 is 0 Å². The third-order valence-electron chi connectivity index (χ3n) is 4.43. The number of hydrogen-bond donors (Lipinski definition) is 2. The minimum Gasteiger partial charge on any atom is -0.369 e. The van der Waals surface area contributed by atoms with Crippen molar-refractivity contribution < 1.29 is 0 Å². The highest BCUT2D eigenvalue weighted by molar-refractivity contribution is 5.60. The molecule has 2 aromatic rings. The monoisotopic (exact) mass is 251 g/mol. The molecule has 3 nitrogen and oxygen atoms in total. The fourth-order valence-electron chi connectivity index (χ4n) is 3.66. The van der Waals surface area contributed by atoms with Crippen LogP contribution >= 0.6 is 0 Å². The molecule has 1 saturated heterocycles. The lowest BCUT2D eigenvalue weighted by atomic mass is 9.81. The first-order chi connectivity index (χ1) is 9.34. The average Bonchev–Trinajstić information content (AvgIpc) is 2.94. The van der Waals surface area contributed by atoms with Crippen molar-refractivity contribution in [2.45, 2.75) is 31.0 Å². The Hall–Kier alpha value is -1.87. The highest BCUT2D eigenvalue weighted by atomic mass is 15.2. The second-order valence-corrected chi connectivity index (χ2v) is 5.50. The topological polar surface area (TPSA) is 37.0 Å². The molecule has 1 aromatic heterocycles. The minimum atomic E-state index is 0.333. The first-order valence-corrected chi connectivity index (χ1v) is 6.86. The molecule has 0 spiro atoms. The Kier molecular flexibility index (Phi) is 2.35. The van der Waals surface area contributed by atoms with Gasteiger partial charge in [0.25, 0.3) is 0 Å². The van der Waals surface area contributed by atoms with E-state index in [0.29, 0.717) is 24.0 Å². The minimum absolute atomic E-state index is 0.333. The quantitative estimate of drug-likeness (QED) is 0.818. The van der Waals surface area contributed by atoms with Crippen LogP contribution in [0.15, 0.2) is 48.8 Å². The van der Waals surface area contributed by atoms with Gasteiger partial charge in [0.1, 0.15) is 0 Å². The predicted molar refractivity (Wildman–Crippen MR) is 76.2 cm³/mol. The lowest BCUT2D eigenvalue weighted by molar-refractivity contribution is 0.567. The molecular weight excluding hydrogens is 234 g/mol. The van der Waals surface area contributed by atoms with Gasteiger partial charge in [-0.05, 0) is 18.6 Å². The molecule has 0 aliphatic carbocycles. The van der Waals surface area contributed by atoms with Crippen LogP contribution in [0.4, 0.5) is 5.69 Å². The second-order valence-electron chi connectivity index (χ2n) is 5.50. The summed E-state index contributed by atoms with van der Waals surface area (Å²) in [5.41, 5.74) is 3.98. The lowest BCUT2D eigenvalue weighted by Crippen LogP contribution is -2.33. The number of nitrogens with zero attached hydrogens (tertiary/aromatic N) is 1. The molecular formula is C16H17N3. The van der Waals surface area contributed by atoms with Crippen molar-refractivity contribution in [3.05, 3.63) is 59.9 Å². The number of aromatic nitrogens is 1. The SMILES string of the molecule is CC1NC2Nc3ccncc3C2C1c1ccccc1. The van der Waals surface area contributed by atoms with Crippen LogP contribution in [-0.4, -0.2) is 17.2 Å². The molecule has 0 radical (unpaired) electrons. The first-order valence-electron chi connectivity index (χ1n) is 6.86. The van der Waals surface area contributed by atoms with Crippen LogP contribution < -0.4 is 10.6 Å². The highest BCUT2D eigenvalue weighted by Crippen LogP contribution is 2.48. The molecule has 2 N–H and O–H groups in total. The second kappa shape index (κ2) is 4.07. The number of rotatable bonds is 1. The molecule has 4 unspecified atom stereocenters. The third-order valence-corrected chi connectivity index (χ3v) is 4.43. The number of benzene rings is 1. The van der Waals surface area contributed by atoms with Crippen molar-refractivity contribution in [3.8, 4) is 0 Å². The fraction of sp³-hybridized carbons (Fsp3) is 0.312. The third kappa shape index (κ3) is 1.58. The van der Waals surface area contributed by atoms with E-state index >= 15 is 0 Å². The van der Waals surface area contributed by atoms with E-state index in [1.807, 2.05) is 12.4 Å². The van der Waals surface area contributed by atoms with Crippen LogP contribution in [-0.2, 0) is 0 Å². The summed E-state index contributed by atoms with van der Waals surface area (Å²) in [6, 6.07) is 13.3. The van der Waals surface area contributed by atoms with E-state index in [0.717, 1.165) is 0 Å². The summed E-state index contributed by atoms with van der Waals surface area (Å²) < 4.78 is 0. The number of pyridine rings is 1. The predicted octanol–water partition coefficient (Wildman–Crippen LogP) is 2.69. The Labute approximate surface area is 113 Å². The lowest BCUT2D eigenvalue weighted by Gasteiger charge is -2.21.